The summed E-state index contributed by atoms with van der Waals surface area (Å²) in [6.45, 7) is 4.32. The van der Waals surface area contributed by atoms with Crippen molar-refractivity contribution in [3.8, 4) is 0 Å². The van der Waals surface area contributed by atoms with E-state index in [1.807, 2.05) is 6.20 Å². The van der Waals surface area contributed by atoms with Crippen molar-refractivity contribution < 1.29 is 0 Å². The second-order valence-electron chi connectivity index (χ2n) is 4.29. The molecule has 1 aliphatic heterocycles. The second kappa shape index (κ2) is 6.06. The van der Waals surface area contributed by atoms with Crippen LogP contribution in [0.15, 0.2) is 18.3 Å². The molecule has 0 saturated carbocycles. The standard InChI is InChI=1S/C12H19N3.ClH/c1-10-3-4-12(14-9-10)15(2)11-5-7-13-8-6-11;/h3-4,9,11,13H,5-8H2,1-2H3;1H. The van der Waals surface area contributed by atoms with Crippen LogP contribution in [0.1, 0.15) is 18.4 Å². The summed E-state index contributed by atoms with van der Waals surface area (Å²) in [5.74, 6) is 1.09. The molecule has 0 bridgehead atoms. The van der Waals surface area contributed by atoms with Crippen molar-refractivity contribution in [3.05, 3.63) is 23.9 Å². The first-order chi connectivity index (χ1) is 7.27. The van der Waals surface area contributed by atoms with Crippen LogP contribution in [0.3, 0.4) is 0 Å². The van der Waals surface area contributed by atoms with Gasteiger partial charge in [0.05, 0.1) is 0 Å². The summed E-state index contributed by atoms with van der Waals surface area (Å²) in [5.41, 5.74) is 1.22. The Hall–Kier alpha value is -0.800. The number of pyridine rings is 1. The van der Waals surface area contributed by atoms with Crippen LogP contribution in [0.4, 0.5) is 5.82 Å². The minimum atomic E-state index is 0. The molecule has 16 heavy (non-hydrogen) atoms. The first-order valence-electron chi connectivity index (χ1n) is 5.63. The number of piperidine rings is 1. The Morgan fingerprint density at radius 2 is 2.00 bits per heavy atom. The highest BCUT2D eigenvalue weighted by atomic mass is 35.5. The Balaban J connectivity index is 0.00000128. The normalized spacial score (nSPS) is 16.6. The fourth-order valence-electron chi connectivity index (χ4n) is 2.05. The van der Waals surface area contributed by atoms with Gasteiger partial charge in [-0.1, -0.05) is 6.07 Å². The molecule has 2 heterocycles. The average Bonchev–Trinajstić information content (AvgIpc) is 2.30. The Morgan fingerprint density at radius 3 is 2.56 bits per heavy atom. The highest BCUT2D eigenvalue weighted by molar-refractivity contribution is 5.85. The van der Waals surface area contributed by atoms with Crippen molar-refractivity contribution in [1.82, 2.24) is 10.3 Å². The fourth-order valence-corrected chi connectivity index (χ4v) is 2.05. The summed E-state index contributed by atoms with van der Waals surface area (Å²) in [7, 11) is 2.15. The number of hydrogen-bond donors (Lipinski definition) is 1. The van der Waals surface area contributed by atoms with Crippen LogP contribution in [0.25, 0.3) is 0 Å². The third-order valence-corrected chi connectivity index (χ3v) is 3.11. The lowest BCUT2D eigenvalue weighted by Gasteiger charge is -2.32. The number of aryl methyl sites for hydroxylation is 1. The van der Waals surface area contributed by atoms with Crippen molar-refractivity contribution in [1.29, 1.82) is 0 Å². The third kappa shape index (κ3) is 3.09. The monoisotopic (exact) mass is 241 g/mol. The predicted molar refractivity (Wildman–Crippen MR) is 70.5 cm³/mol. The van der Waals surface area contributed by atoms with Crippen molar-refractivity contribution in [2.24, 2.45) is 0 Å². The van der Waals surface area contributed by atoms with Crippen LogP contribution in [0.2, 0.25) is 0 Å². The van der Waals surface area contributed by atoms with Crippen LogP contribution in [0, 0.1) is 6.92 Å². The largest absolute Gasteiger partial charge is 0.357 e. The number of nitrogens with one attached hydrogen (secondary N) is 1. The number of rotatable bonds is 2. The van der Waals surface area contributed by atoms with E-state index in [0.29, 0.717) is 6.04 Å². The molecule has 1 aromatic heterocycles. The maximum atomic E-state index is 4.46. The molecule has 0 amide bonds. The molecule has 4 heteroatoms. The van der Waals surface area contributed by atoms with E-state index >= 15 is 0 Å². The van der Waals surface area contributed by atoms with Gasteiger partial charge in [-0.2, -0.15) is 0 Å². The third-order valence-electron chi connectivity index (χ3n) is 3.11. The van der Waals surface area contributed by atoms with Gasteiger partial charge in [0.1, 0.15) is 5.82 Å². The summed E-state index contributed by atoms with van der Waals surface area (Å²) in [6, 6.07) is 4.87. The van der Waals surface area contributed by atoms with E-state index in [-0.39, 0.29) is 12.4 Å². The quantitative estimate of drug-likeness (QED) is 0.859. The molecular formula is C12H20ClN3. The summed E-state index contributed by atoms with van der Waals surface area (Å²) in [4.78, 5) is 6.76. The molecule has 0 radical (unpaired) electrons. The van der Waals surface area contributed by atoms with Crippen LogP contribution in [-0.4, -0.2) is 31.2 Å². The van der Waals surface area contributed by atoms with Crippen LogP contribution >= 0.6 is 12.4 Å². The first-order valence-corrected chi connectivity index (χ1v) is 5.63. The molecule has 0 aromatic carbocycles. The van der Waals surface area contributed by atoms with Crippen molar-refractivity contribution in [3.63, 3.8) is 0 Å². The molecule has 1 saturated heterocycles. The molecule has 0 aliphatic carbocycles. The Labute approximate surface area is 104 Å². The van der Waals surface area contributed by atoms with Gasteiger partial charge in [0.2, 0.25) is 0 Å². The minimum absolute atomic E-state index is 0. The van der Waals surface area contributed by atoms with Gasteiger partial charge >= 0.3 is 0 Å². The molecule has 1 N–H and O–H groups in total. The van der Waals surface area contributed by atoms with Crippen LogP contribution < -0.4 is 10.2 Å². The molecule has 1 aromatic rings. The number of nitrogens with zero attached hydrogens (tertiary/aromatic N) is 2. The number of halogens is 1. The summed E-state index contributed by atoms with van der Waals surface area (Å²) >= 11 is 0. The van der Waals surface area contributed by atoms with E-state index in [0.717, 1.165) is 18.9 Å². The molecule has 2 rings (SSSR count). The predicted octanol–water partition coefficient (Wildman–Crippen LogP) is 2.00. The lowest BCUT2D eigenvalue weighted by molar-refractivity contribution is 0.441. The zero-order valence-electron chi connectivity index (χ0n) is 9.94. The van der Waals surface area contributed by atoms with Crippen LogP contribution in [-0.2, 0) is 0 Å². The van der Waals surface area contributed by atoms with Gasteiger partial charge in [-0.15, -0.1) is 12.4 Å². The average molecular weight is 242 g/mol. The summed E-state index contributed by atoms with van der Waals surface area (Å²) in [6.07, 6.45) is 4.37. The zero-order chi connectivity index (χ0) is 10.7. The van der Waals surface area contributed by atoms with Crippen LogP contribution in [0.5, 0.6) is 0 Å². The van der Waals surface area contributed by atoms with E-state index < -0.39 is 0 Å². The van der Waals surface area contributed by atoms with E-state index in [4.69, 9.17) is 0 Å². The van der Waals surface area contributed by atoms with Crippen molar-refractivity contribution in [2.45, 2.75) is 25.8 Å². The highest BCUT2D eigenvalue weighted by Crippen LogP contribution is 2.17. The summed E-state index contributed by atoms with van der Waals surface area (Å²) < 4.78 is 0. The Morgan fingerprint density at radius 1 is 1.31 bits per heavy atom. The number of aromatic nitrogens is 1. The maximum Gasteiger partial charge on any atom is 0.128 e. The van der Waals surface area contributed by atoms with E-state index in [2.05, 4.69) is 41.3 Å². The zero-order valence-corrected chi connectivity index (χ0v) is 10.8. The first kappa shape index (κ1) is 13.3. The Kier molecular flexibility index (Phi) is 5.03. The molecular weight excluding hydrogens is 222 g/mol. The summed E-state index contributed by atoms with van der Waals surface area (Å²) in [5, 5.41) is 3.38. The lowest BCUT2D eigenvalue weighted by atomic mass is 10.1. The molecule has 0 atom stereocenters. The topological polar surface area (TPSA) is 28.2 Å². The van der Waals surface area contributed by atoms with Gasteiger partial charge in [-0.3, -0.25) is 0 Å². The lowest BCUT2D eigenvalue weighted by Crippen LogP contribution is -2.41. The molecule has 1 fully saturated rings. The van der Waals surface area contributed by atoms with Gasteiger partial charge in [0.25, 0.3) is 0 Å². The molecule has 0 unspecified atom stereocenters. The molecule has 1 aliphatic rings. The van der Waals surface area contributed by atoms with Crippen molar-refractivity contribution >= 4 is 18.2 Å². The van der Waals surface area contributed by atoms with Crippen molar-refractivity contribution in [2.75, 3.05) is 25.0 Å². The molecule has 3 nitrogen and oxygen atoms in total. The molecule has 90 valence electrons. The number of hydrogen-bond acceptors (Lipinski definition) is 3. The van der Waals surface area contributed by atoms with E-state index in [1.54, 1.807) is 0 Å². The number of anilines is 1. The van der Waals surface area contributed by atoms with Gasteiger partial charge in [0, 0.05) is 19.3 Å². The molecule has 0 spiro atoms. The second-order valence-corrected chi connectivity index (χ2v) is 4.29. The van der Waals surface area contributed by atoms with Gasteiger partial charge < -0.3 is 10.2 Å². The van der Waals surface area contributed by atoms with E-state index in [1.165, 1.54) is 18.4 Å². The van der Waals surface area contributed by atoms with Gasteiger partial charge in [-0.05, 0) is 44.5 Å². The highest BCUT2D eigenvalue weighted by Gasteiger charge is 2.18. The smallest absolute Gasteiger partial charge is 0.128 e. The van der Waals surface area contributed by atoms with Gasteiger partial charge in [0.15, 0.2) is 0 Å². The maximum absolute atomic E-state index is 4.46. The van der Waals surface area contributed by atoms with Gasteiger partial charge in [-0.25, -0.2) is 4.98 Å². The van der Waals surface area contributed by atoms with E-state index in [9.17, 15) is 0 Å². The minimum Gasteiger partial charge on any atom is -0.357 e. The Bertz CT molecular complexity index is 307. The SMILES string of the molecule is Cc1ccc(N(C)C2CCNCC2)nc1.Cl. The fraction of sp³-hybridized carbons (Fsp3) is 0.583.